The number of halogens is 2. The highest BCUT2D eigenvalue weighted by Gasteiger charge is 2.25. The lowest BCUT2D eigenvalue weighted by molar-refractivity contribution is -0.143. The highest BCUT2D eigenvalue weighted by atomic mass is 79.9. The largest absolute Gasteiger partial charge is 0.451 e. The van der Waals surface area contributed by atoms with E-state index >= 15 is 0 Å². The van der Waals surface area contributed by atoms with Crippen molar-refractivity contribution >= 4 is 45.1 Å². The van der Waals surface area contributed by atoms with E-state index in [0.29, 0.717) is 10.2 Å². The lowest BCUT2D eigenvalue weighted by atomic mass is 10.2. The first-order valence-electron chi connectivity index (χ1n) is 8.21. The molecular weight excluding hydrogens is 433 g/mol. The summed E-state index contributed by atoms with van der Waals surface area (Å²) in [5, 5.41) is 3.55. The van der Waals surface area contributed by atoms with Crippen molar-refractivity contribution in [2.75, 3.05) is 16.9 Å². The predicted molar refractivity (Wildman–Crippen MR) is 103 cm³/mol. The van der Waals surface area contributed by atoms with Gasteiger partial charge in [-0.3, -0.25) is 15.0 Å². The first-order valence-corrected chi connectivity index (χ1v) is 9.00. The van der Waals surface area contributed by atoms with E-state index in [9.17, 15) is 18.8 Å². The van der Waals surface area contributed by atoms with Crippen LogP contribution in [0.15, 0.2) is 64.8 Å². The van der Waals surface area contributed by atoms with Crippen molar-refractivity contribution in [1.29, 1.82) is 0 Å². The molecule has 0 atom stereocenters. The molecule has 1 aliphatic heterocycles. The van der Waals surface area contributed by atoms with Crippen molar-refractivity contribution in [2.45, 2.75) is 6.42 Å². The number of esters is 1. The van der Waals surface area contributed by atoms with Gasteiger partial charge in [-0.25, -0.2) is 14.2 Å². The van der Waals surface area contributed by atoms with E-state index in [0.717, 1.165) is 0 Å². The van der Waals surface area contributed by atoms with Gasteiger partial charge in [-0.05, 0) is 36.4 Å². The Morgan fingerprint density at radius 1 is 1.21 bits per heavy atom. The maximum absolute atomic E-state index is 13.7. The molecule has 28 heavy (non-hydrogen) atoms. The fraction of sp³-hybridized carbons (Fsp3) is 0.105. The number of hydrogen-bond donors (Lipinski definition) is 2. The van der Waals surface area contributed by atoms with E-state index in [1.54, 1.807) is 36.4 Å². The maximum Gasteiger partial charge on any atom is 0.356 e. The number of carbonyl (C=O) groups is 3. The van der Waals surface area contributed by atoms with E-state index in [-0.39, 0.29) is 23.7 Å². The lowest BCUT2D eigenvalue weighted by Crippen LogP contribution is -2.47. The van der Waals surface area contributed by atoms with Gasteiger partial charge in [0.25, 0.3) is 5.91 Å². The Morgan fingerprint density at radius 3 is 2.68 bits per heavy atom. The third kappa shape index (κ3) is 4.74. The van der Waals surface area contributed by atoms with Crippen molar-refractivity contribution in [1.82, 2.24) is 5.43 Å². The number of hydrazine groups is 1. The summed E-state index contributed by atoms with van der Waals surface area (Å²) in [7, 11) is 0. The molecule has 2 N–H and O–H groups in total. The smallest absolute Gasteiger partial charge is 0.356 e. The maximum atomic E-state index is 13.7. The fourth-order valence-corrected chi connectivity index (χ4v) is 2.74. The van der Waals surface area contributed by atoms with E-state index in [1.807, 2.05) is 0 Å². The normalized spacial score (nSPS) is 13.4. The number of para-hydroxylation sites is 1. The highest BCUT2D eigenvalue weighted by Crippen LogP contribution is 2.20. The molecule has 0 aromatic heterocycles. The van der Waals surface area contributed by atoms with Gasteiger partial charge in [-0.15, -0.1) is 0 Å². The predicted octanol–water partition coefficient (Wildman–Crippen LogP) is 2.90. The number of nitrogens with one attached hydrogen (secondary N) is 2. The first-order chi connectivity index (χ1) is 13.4. The molecule has 1 heterocycles. The van der Waals surface area contributed by atoms with Gasteiger partial charge in [0, 0.05) is 10.9 Å². The van der Waals surface area contributed by atoms with E-state index in [2.05, 4.69) is 26.7 Å². The molecule has 0 unspecified atom stereocenters. The molecule has 0 spiro atoms. The van der Waals surface area contributed by atoms with Crippen molar-refractivity contribution < 1.29 is 23.5 Å². The lowest BCUT2D eigenvalue weighted by Gasteiger charge is -2.28. The van der Waals surface area contributed by atoms with Crippen molar-refractivity contribution in [3.8, 4) is 0 Å². The zero-order valence-electron chi connectivity index (χ0n) is 14.4. The van der Waals surface area contributed by atoms with Gasteiger partial charge in [0.05, 0.1) is 11.4 Å². The van der Waals surface area contributed by atoms with Crippen LogP contribution in [0.25, 0.3) is 0 Å². The van der Waals surface area contributed by atoms with Gasteiger partial charge < -0.3 is 10.1 Å². The van der Waals surface area contributed by atoms with Crippen LogP contribution >= 0.6 is 15.9 Å². The molecule has 144 valence electrons. The second kappa shape index (κ2) is 8.66. The van der Waals surface area contributed by atoms with Gasteiger partial charge in [0.1, 0.15) is 11.5 Å². The molecule has 1 aliphatic rings. The number of rotatable bonds is 5. The minimum atomic E-state index is -0.806. The van der Waals surface area contributed by atoms with E-state index < -0.39 is 24.3 Å². The molecular formula is C19H15BrFN3O4. The Morgan fingerprint density at radius 2 is 1.96 bits per heavy atom. The number of amides is 2. The number of benzene rings is 2. The number of ether oxygens (including phenoxy) is 1. The number of anilines is 2. The van der Waals surface area contributed by atoms with Gasteiger partial charge in [-0.2, -0.15) is 0 Å². The minimum absolute atomic E-state index is 0.00261. The molecule has 3 rings (SSSR count). The molecule has 2 amide bonds. The summed E-state index contributed by atoms with van der Waals surface area (Å²) in [6, 6.07) is 12.9. The fourth-order valence-electron chi connectivity index (χ4n) is 2.41. The third-order valence-corrected chi connectivity index (χ3v) is 4.23. The number of nitrogens with zero attached hydrogens (tertiary/aromatic N) is 1. The molecule has 0 bridgehead atoms. The van der Waals surface area contributed by atoms with Crippen LogP contribution in [0.3, 0.4) is 0 Å². The molecule has 0 radical (unpaired) electrons. The Bertz CT molecular complexity index is 949. The van der Waals surface area contributed by atoms with Crippen LogP contribution in [0.4, 0.5) is 15.8 Å². The van der Waals surface area contributed by atoms with Crippen molar-refractivity contribution in [3.05, 3.63) is 70.6 Å². The summed E-state index contributed by atoms with van der Waals surface area (Å²) in [5.41, 5.74) is 3.25. The second-order valence-electron chi connectivity index (χ2n) is 5.75. The van der Waals surface area contributed by atoms with Gasteiger partial charge >= 0.3 is 5.97 Å². The molecule has 2 aromatic rings. The zero-order valence-corrected chi connectivity index (χ0v) is 16.0. The van der Waals surface area contributed by atoms with Crippen LogP contribution in [-0.2, 0) is 19.1 Å². The Hall–Kier alpha value is -3.20. The van der Waals surface area contributed by atoms with E-state index in [1.165, 1.54) is 23.2 Å². The first kappa shape index (κ1) is 19.6. The van der Waals surface area contributed by atoms with Crippen LogP contribution in [0.5, 0.6) is 0 Å². The molecule has 0 fully saturated rings. The average Bonchev–Trinajstić information content (AvgIpc) is 2.69. The Balaban J connectivity index is 1.57. The minimum Gasteiger partial charge on any atom is -0.451 e. The van der Waals surface area contributed by atoms with Crippen LogP contribution in [0.1, 0.15) is 6.42 Å². The zero-order chi connectivity index (χ0) is 20.1. The highest BCUT2D eigenvalue weighted by molar-refractivity contribution is 9.10. The Labute approximate surface area is 168 Å². The molecule has 0 saturated heterocycles. The second-order valence-corrected chi connectivity index (χ2v) is 6.66. The van der Waals surface area contributed by atoms with E-state index in [4.69, 9.17) is 4.74 Å². The summed E-state index contributed by atoms with van der Waals surface area (Å²) in [6.07, 6.45) is 1.39. The van der Waals surface area contributed by atoms with Gasteiger partial charge in [-0.1, -0.05) is 34.1 Å². The average molecular weight is 448 g/mol. The van der Waals surface area contributed by atoms with Gasteiger partial charge in [0.2, 0.25) is 5.91 Å². The molecule has 7 nitrogen and oxygen atoms in total. The summed E-state index contributed by atoms with van der Waals surface area (Å²) < 4.78 is 19.2. The van der Waals surface area contributed by atoms with Crippen LogP contribution in [-0.4, -0.2) is 24.4 Å². The monoisotopic (exact) mass is 447 g/mol. The standard InChI is InChI=1S/C19H15BrFN3O4/c20-12-6-7-15(14(21)10-12)22-17(25)11-28-19(27)16-8-9-18(26)24(23-16)13-4-2-1-3-5-13/h1-8,10,23H,9,11H2,(H,22,25). The molecule has 0 saturated carbocycles. The molecule has 2 aromatic carbocycles. The number of carbonyl (C=O) groups excluding carboxylic acids is 3. The Kier molecular flexibility index (Phi) is 6.05. The molecule has 0 aliphatic carbocycles. The quantitative estimate of drug-likeness (QED) is 0.688. The molecule has 9 heteroatoms. The van der Waals surface area contributed by atoms with Crippen LogP contribution in [0.2, 0.25) is 0 Å². The summed E-state index contributed by atoms with van der Waals surface area (Å²) in [5.74, 6) is -2.37. The SMILES string of the molecule is O=C(COC(=O)C1=CCC(=O)N(c2ccccc2)N1)Nc1ccc(Br)cc1F. The summed E-state index contributed by atoms with van der Waals surface area (Å²) in [6.45, 7) is -0.605. The third-order valence-electron chi connectivity index (χ3n) is 3.74. The summed E-state index contributed by atoms with van der Waals surface area (Å²) in [4.78, 5) is 36.2. The number of hydrogen-bond acceptors (Lipinski definition) is 5. The van der Waals surface area contributed by atoms with Crippen LogP contribution in [0, 0.1) is 5.82 Å². The topological polar surface area (TPSA) is 87.7 Å². The summed E-state index contributed by atoms with van der Waals surface area (Å²) >= 11 is 3.12. The van der Waals surface area contributed by atoms with Crippen LogP contribution < -0.4 is 15.8 Å². The van der Waals surface area contributed by atoms with Crippen molar-refractivity contribution in [3.63, 3.8) is 0 Å². The van der Waals surface area contributed by atoms with Gasteiger partial charge in [0.15, 0.2) is 6.61 Å². The van der Waals surface area contributed by atoms with Crippen molar-refractivity contribution in [2.24, 2.45) is 0 Å².